The summed E-state index contributed by atoms with van der Waals surface area (Å²) in [6.07, 6.45) is 0. The zero-order valence-corrected chi connectivity index (χ0v) is 17.1. The highest BCUT2D eigenvalue weighted by molar-refractivity contribution is 8.13. The number of halogens is 3. The van der Waals surface area contributed by atoms with Crippen LogP contribution in [0.5, 0.6) is 0 Å². The van der Waals surface area contributed by atoms with Crippen molar-refractivity contribution < 1.29 is 9.13 Å². The fraction of sp³-hybridized carbons (Fsp3) is 0. The Balaban J connectivity index is 0.000000196. The van der Waals surface area contributed by atoms with Gasteiger partial charge in [-0.1, -0.05) is 78.9 Å². The molecule has 0 atom stereocenters. The summed E-state index contributed by atoms with van der Waals surface area (Å²) < 4.78 is 23.3. The van der Waals surface area contributed by atoms with Crippen LogP contribution in [-0.4, -0.2) is 0 Å². The highest BCUT2D eigenvalue weighted by Crippen LogP contribution is 2.54. The lowest BCUT2D eigenvalue weighted by Gasteiger charge is -2.10. The third-order valence-electron chi connectivity index (χ3n) is 3.23. The van der Waals surface area contributed by atoms with Gasteiger partial charge in [0.05, 0.1) is 0 Å². The summed E-state index contributed by atoms with van der Waals surface area (Å²) in [6.45, 7) is -2.93. The molecular weight excluding hydrogens is 417 g/mol. The Morgan fingerprint density at radius 1 is 0.480 bits per heavy atom. The van der Waals surface area contributed by atoms with Crippen LogP contribution in [0.4, 0.5) is 0 Å². The molecular formula is C18H15Cl3O2P2. The minimum Gasteiger partial charge on any atom is -0.296 e. The lowest BCUT2D eigenvalue weighted by atomic mass is 10.4. The Hall–Kier alpha value is -1.01. The van der Waals surface area contributed by atoms with Gasteiger partial charge in [-0.05, 0) is 45.9 Å². The summed E-state index contributed by atoms with van der Waals surface area (Å²) in [7, 11) is 0. The van der Waals surface area contributed by atoms with Crippen molar-refractivity contribution in [2.45, 2.75) is 0 Å². The second-order valence-electron chi connectivity index (χ2n) is 5.00. The average Bonchev–Trinajstić information content (AvgIpc) is 2.64. The van der Waals surface area contributed by atoms with Crippen molar-refractivity contribution in [3.05, 3.63) is 91.0 Å². The zero-order valence-electron chi connectivity index (χ0n) is 13.0. The Labute approximate surface area is 161 Å². The molecule has 3 rings (SSSR count). The molecule has 0 bridgehead atoms. The van der Waals surface area contributed by atoms with Crippen molar-refractivity contribution in [3.63, 3.8) is 0 Å². The maximum atomic E-state index is 12.4. The molecule has 0 aromatic heterocycles. The van der Waals surface area contributed by atoms with Crippen molar-refractivity contribution in [2.24, 2.45) is 0 Å². The molecule has 0 unspecified atom stereocenters. The fourth-order valence-corrected chi connectivity index (χ4v) is 5.27. The monoisotopic (exact) mass is 430 g/mol. The Bertz CT molecular complexity index is 838. The SMILES string of the molecule is O=P(Cl)(Cl)c1ccccc1.O=P(Cl)(c1ccccc1)c1ccccc1. The molecule has 7 heteroatoms. The summed E-state index contributed by atoms with van der Waals surface area (Å²) in [5, 5.41) is 1.84. The predicted molar refractivity (Wildman–Crippen MR) is 111 cm³/mol. The van der Waals surface area contributed by atoms with Gasteiger partial charge in [0.25, 0.3) is 5.85 Å². The van der Waals surface area contributed by atoms with Gasteiger partial charge in [-0.3, -0.25) is 9.13 Å². The fourth-order valence-electron chi connectivity index (χ4n) is 1.99. The molecule has 2 nitrogen and oxygen atoms in total. The van der Waals surface area contributed by atoms with Crippen molar-refractivity contribution >= 4 is 62.0 Å². The van der Waals surface area contributed by atoms with E-state index in [1.807, 2.05) is 42.5 Å². The molecule has 130 valence electrons. The van der Waals surface area contributed by atoms with E-state index in [-0.39, 0.29) is 0 Å². The molecule has 0 fully saturated rings. The van der Waals surface area contributed by atoms with E-state index in [0.717, 1.165) is 0 Å². The molecule has 0 aliphatic carbocycles. The normalized spacial score (nSPS) is 11.3. The smallest absolute Gasteiger partial charge is 0.281 e. The molecule has 0 aliphatic rings. The summed E-state index contributed by atoms with van der Waals surface area (Å²) in [6, 6.07) is 26.9. The topological polar surface area (TPSA) is 34.1 Å². The largest absolute Gasteiger partial charge is 0.296 e. The van der Waals surface area contributed by atoms with Gasteiger partial charge in [-0.25, -0.2) is 0 Å². The van der Waals surface area contributed by atoms with Gasteiger partial charge < -0.3 is 0 Å². The molecule has 0 radical (unpaired) electrons. The van der Waals surface area contributed by atoms with Crippen LogP contribution in [0.1, 0.15) is 0 Å². The molecule has 0 amide bonds. The van der Waals surface area contributed by atoms with E-state index < -0.39 is 12.3 Å². The molecule has 3 aromatic carbocycles. The van der Waals surface area contributed by atoms with Crippen LogP contribution in [0.2, 0.25) is 0 Å². The number of hydrogen-bond acceptors (Lipinski definition) is 2. The van der Waals surface area contributed by atoms with Crippen LogP contribution in [0.25, 0.3) is 0 Å². The average molecular weight is 432 g/mol. The predicted octanol–water partition coefficient (Wildman–Crippen LogP) is 6.14. The van der Waals surface area contributed by atoms with E-state index in [2.05, 4.69) is 0 Å². The first-order valence-corrected chi connectivity index (χ1v) is 13.4. The molecule has 3 aromatic rings. The second-order valence-corrected chi connectivity index (χ2v) is 13.3. The van der Waals surface area contributed by atoms with Gasteiger partial charge in [-0.2, -0.15) is 0 Å². The van der Waals surface area contributed by atoms with Gasteiger partial charge in [-0.15, -0.1) is 0 Å². The molecule has 0 heterocycles. The minimum absolute atomic E-state index is 0.485. The highest BCUT2D eigenvalue weighted by Gasteiger charge is 2.23. The van der Waals surface area contributed by atoms with Crippen LogP contribution in [0.15, 0.2) is 91.0 Å². The van der Waals surface area contributed by atoms with E-state index in [4.69, 9.17) is 33.7 Å². The molecule has 0 spiro atoms. The number of rotatable bonds is 3. The summed E-state index contributed by atoms with van der Waals surface area (Å²) in [5.41, 5.74) is 0. The Kier molecular flexibility index (Phi) is 7.37. The van der Waals surface area contributed by atoms with Crippen molar-refractivity contribution in [2.75, 3.05) is 0 Å². The maximum Gasteiger partial charge on any atom is 0.281 e. The molecule has 0 aliphatic heterocycles. The maximum absolute atomic E-state index is 12.4. The zero-order chi connectivity index (χ0) is 18.3. The van der Waals surface area contributed by atoms with E-state index >= 15 is 0 Å². The highest BCUT2D eigenvalue weighted by atomic mass is 35.9. The van der Waals surface area contributed by atoms with Crippen molar-refractivity contribution in [3.8, 4) is 0 Å². The van der Waals surface area contributed by atoms with E-state index in [9.17, 15) is 9.13 Å². The summed E-state index contributed by atoms with van der Waals surface area (Å²) in [5.74, 6) is -3.07. The van der Waals surface area contributed by atoms with E-state index in [0.29, 0.717) is 15.9 Å². The molecule has 0 N–H and O–H groups in total. The van der Waals surface area contributed by atoms with Crippen molar-refractivity contribution in [1.29, 1.82) is 0 Å². The first kappa shape index (κ1) is 20.3. The number of hydrogen-bond donors (Lipinski definition) is 0. The quantitative estimate of drug-likeness (QED) is 0.467. The Morgan fingerprint density at radius 2 is 0.760 bits per heavy atom. The van der Waals surface area contributed by atoms with Gasteiger partial charge in [0.2, 0.25) is 6.49 Å². The van der Waals surface area contributed by atoms with Crippen molar-refractivity contribution in [1.82, 2.24) is 0 Å². The van der Waals surface area contributed by atoms with Crippen LogP contribution in [0.3, 0.4) is 0 Å². The lowest BCUT2D eigenvalue weighted by Crippen LogP contribution is -2.11. The van der Waals surface area contributed by atoms with Gasteiger partial charge in [0, 0.05) is 15.9 Å². The van der Waals surface area contributed by atoms with E-state index in [1.54, 1.807) is 48.5 Å². The van der Waals surface area contributed by atoms with Crippen LogP contribution in [-0.2, 0) is 9.13 Å². The first-order chi connectivity index (χ1) is 11.8. The summed E-state index contributed by atoms with van der Waals surface area (Å²) >= 11 is 16.9. The molecule has 0 saturated heterocycles. The second kappa shape index (κ2) is 9.08. The number of benzene rings is 3. The summed E-state index contributed by atoms with van der Waals surface area (Å²) in [4.78, 5) is 0. The van der Waals surface area contributed by atoms with Crippen LogP contribution >= 0.6 is 46.1 Å². The third kappa shape index (κ3) is 6.03. The van der Waals surface area contributed by atoms with Gasteiger partial charge in [0.1, 0.15) is 0 Å². The molecule has 25 heavy (non-hydrogen) atoms. The lowest BCUT2D eigenvalue weighted by molar-refractivity contribution is 0.595. The van der Waals surface area contributed by atoms with Gasteiger partial charge >= 0.3 is 0 Å². The van der Waals surface area contributed by atoms with Crippen LogP contribution in [0, 0.1) is 0 Å². The van der Waals surface area contributed by atoms with E-state index in [1.165, 1.54) is 0 Å². The third-order valence-corrected chi connectivity index (χ3v) is 8.40. The standard InChI is InChI=1S/C12H10ClOP.C6H5Cl2OP/c13-15(14,11-7-3-1-4-8-11)12-9-5-2-6-10-12;7-10(8,9)6-4-2-1-3-5-6/h1-10H;1-5H. The van der Waals surface area contributed by atoms with Gasteiger partial charge in [0.15, 0.2) is 0 Å². The molecule has 0 saturated carbocycles. The minimum atomic E-state index is -3.07. The first-order valence-electron chi connectivity index (χ1n) is 7.28. The Morgan fingerprint density at radius 3 is 1.00 bits per heavy atom. The van der Waals surface area contributed by atoms with Crippen LogP contribution < -0.4 is 15.9 Å².